The van der Waals surface area contributed by atoms with E-state index >= 15 is 0 Å². The number of aliphatic hydroxyl groups is 1. The third-order valence-corrected chi connectivity index (χ3v) is 8.26. The molecule has 0 aliphatic heterocycles. The van der Waals surface area contributed by atoms with Crippen LogP contribution in [0.3, 0.4) is 0 Å². The maximum atomic E-state index is 12.9. The highest BCUT2D eigenvalue weighted by Gasteiger charge is 2.29. The average molecular weight is 705 g/mol. The molecule has 0 fully saturated rings. The van der Waals surface area contributed by atoms with E-state index in [0.29, 0.717) is 24.5 Å². The Kier molecular flexibility index (Phi) is 15.4. The number of carbonyl (C=O) groups excluding carboxylic acids is 4. The van der Waals surface area contributed by atoms with Crippen LogP contribution in [0.5, 0.6) is 0 Å². The van der Waals surface area contributed by atoms with E-state index in [1.54, 1.807) is 45.0 Å². The van der Waals surface area contributed by atoms with Crippen LogP contribution in [0.15, 0.2) is 72.8 Å². The van der Waals surface area contributed by atoms with Gasteiger partial charge < -0.3 is 45.3 Å². The molecule has 0 aromatic heterocycles. The normalized spacial score (nSPS) is 13.1. The maximum absolute atomic E-state index is 12.9. The van der Waals surface area contributed by atoms with Crippen molar-refractivity contribution in [3.63, 3.8) is 0 Å². The molecule has 3 aromatic carbocycles. The summed E-state index contributed by atoms with van der Waals surface area (Å²) in [6, 6.07) is 21.3. The molecule has 0 radical (unpaired) electrons. The largest absolute Gasteiger partial charge is 0.449 e. The fraction of sp³-hybridized carbons (Fsp3) is 0.421. The molecule has 5 N–H and O–H groups in total. The number of carbonyl (C=O) groups is 4. The summed E-state index contributed by atoms with van der Waals surface area (Å²) in [5.41, 5.74) is 5.89. The molecule has 0 bridgehead atoms. The van der Waals surface area contributed by atoms with E-state index in [1.165, 1.54) is 11.1 Å². The van der Waals surface area contributed by atoms with Crippen LogP contribution in [0.1, 0.15) is 43.4 Å². The number of aliphatic hydroxyl groups excluding tert-OH is 1. The lowest BCUT2D eigenvalue weighted by atomic mass is 9.98. The molecular weight excluding hydrogens is 656 g/mol. The lowest BCUT2D eigenvalue weighted by Crippen LogP contribution is -2.54. The number of amides is 4. The van der Waals surface area contributed by atoms with E-state index in [0.717, 1.165) is 11.1 Å². The molecule has 4 amide bonds. The smallest absolute Gasteiger partial charge is 0.407 e. The highest BCUT2D eigenvalue weighted by molar-refractivity contribution is 5.98. The Balaban J connectivity index is 1.01. The highest BCUT2D eigenvalue weighted by Crippen LogP contribution is 2.44. The number of fused-ring (bicyclic) bond motifs is 3. The highest BCUT2D eigenvalue weighted by atomic mass is 16.6. The number of rotatable bonds is 20. The Hall–Kier alpha value is -4.82. The maximum Gasteiger partial charge on any atom is 0.407 e. The van der Waals surface area contributed by atoms with Gasteiger partial charge in [0.25, 0.3) is 0 Å². The molecule has 0 saturated carbocycles. The lowest BCUT2D eigenvalue weighted by Gasteiger charge is -2.23. The van der Waals surface area contributed by atoms with Crippen LogP contribution < -0.4 is 21.3 Å². The Bertz CT molecular complexity index is 1550. The summed E-state index contributed by atoms with van der Waals surface area (Å²) in [4.78, 5) is 50.1. The van der Waals surface area contributed by atoms with Crippen LogP contribution in [0.2, 0.25) is 0 Å². The van der Waals surface area contributed by atoms with Gasteiger partial charge in [0.2, 0.25) is 17.7 Å². The summed E-state index contributed by atoms with van der Waals surface area (Å²) in [5, 5.41) is 19.9. The Morgan fingerprint density at radius 2 is 1.31 bits per heavy atom. The molecule has 51 heavy (non-hydrogen) atoms. The van der Waals surface area contributed by atoms with Crippen molar-refractivity contribution in [2.24, 2.45) is 5.92 Å². The molecule has 1 aliphatic carbocycles. The minimum atomic E-state index is -0.868. The van der Waals surface area contributed by atoms with Gasteiger partial charge in [0, 0.05) is 18.2 Å². The van der Waals surface area contributed by atoms with Gasteiger partial charge >= 0.3 is 6.09 Å². The van der Waals surface area contributed by atoms with Gasteiger partial charge in [0.15, 0.2) is 0 Å². The van der Waals surface area contributed by atoms with E-state index in [4.69, 9.17) is 24.1 Å². The van der Waals surface area contributed by atoms with Crippen LogP contribution in [0.4, 0.5) is 10.5 Å². The third kappa shape index (κ3) is 11.9. The monoisotopic (exact) mass is 704 g/mol. The van der Waals surface area contributed by atoms with Gasteiger partial charge in [-0.05, 0) is 52.8 Å². The average Bonchev–Trinajstić information content (AvgIpc) is 3.45. The van der Waals surface area contributed by atoms with Gasteiger partial charge in [-0.1, -0.05) is 74.5 Å². The summed E-state index contributed by atoms with van der Waals surface area (Å²) in [7, 11) is 0. The van der Waals surface area contributed by atoms with E-state index in [2.05, 4.69) is 45.5 Å². The van der Waals surface area contributed by atoms with Gasteiger partial charge in [0.1, 0.15) is 25.3 Å². The predicted molar refractivity (Wildman–Crippen MR) is 191 cm³/mol. The molecule has 13 heteroatoms. The van der Waals surface area contributed by atoms with Crippen molar-refractivity contribution >= 4 is 29.5 Å². The summed E-state index contributed by atoms with van der Waals surface area (Å²) >= 11 is 0. The third-order valence-electron chi connectivity index (χ3n) is 8.26. The van der Waals surface area contributed by atoms with Crippen molar-refractivity contribution < 1.29 is 43.2 Å². The second kappa shape index (κ2) is 20.1. The van der Waals surface area contributed by atoms with Gasteiger partial charge in [-0.15, -0.1) is 0 Å². The van der Waals surface area contributed by atoms with Gasteiger partial charge in [0.05, 0.1) is 39.6 Å². The minimum absolute atomic E-state index is 0.00176. The van der Waals surface area contributed by atoms with Crippen molar-refractivity contribution in [2.45, 2.75) is 45.4 Å². The summed E-state index contributed by atoms with van der Waals surface area (Å²) < 4.78 is 21.9. The number of benzene rings is 3. The molecule has 2 atom stereocenters. The zero-order valence-corrected chi connectivity index (χ0v) is 29.3. The van der Waals surface area contributed by atoms with Gasteiger partial charge in [-0.25, -0.2) is 4.79 Å². The number of alkyl carbamates (subject to hydrolysis) is 1. The summed E-state index contributed by atoms with van der Waals surface area (Å²) in [6.45, 7) is 6.57. The van der Waals surface area contributed by atoms with Crippen LogP contribution in [-0.2, 0) is 39.9 Å². The SMILES string of the molecule is CC(C)[C@H](NC(=O)COCCOCCOCCNC(=O)OCC1c2ccccc2-c2ccccc21)C(=O)N[C@@H](C)C(=O)Nc1ccc(CO)cc1. The summed E-state index contributed by atoms with van der Waals surface area (Å²) in [5.74, 6) is -1.63. The zero-order chi connectivity index (χ0) is 36.6. The van der Waals surface area contributed by atoms with Crippen LogP contribution in [0.25, 0.3) is 11.1 Å². The first-order valence-electron chi connectivity index (χ1n) is 17.1. The van der Waals surface area contributed by atoms with Gasteiger partial charge in [-0.2, -0.15) is 0 Å². The molecule has 4 rings (SSSR count). The molecule has 1 aliphatic rings. The standard InChI is InChI=1S/C38H48N4O9/c1-25(2)35(37(46)40-26(3)36(45)41-28-14-12-27(22-43)13-15-28)42-34(44)24-50-21-20-49-19-18-48-17-16-39-38(47)51-23-33-31-10-6-4-8-29(31)30-9-5-7-11-32(30)33/h4-15,25-26,33,35,43H,16-24H2,1-3H3,(H,39,47)(H,40,46)(H,41,45)(H,42,44)/t26-,35-/m0/s1. The molecule has 0 spiro atoms. The van der Waals surface area contributed by atoms with E-state index < -0.39 is 35.9 Å². The summed E-state index contributed by atoms with van der Waals surface area (Å²) in [6.07, 6.45) is -0.502. The van der Waals surface area contributed by atoms with Crippen molar-refractivity contribution in [3.05, 3.63) is 89.5 Å². The molecule has 13 nitrogen and oxygen atoms in total. The second-order valence-corrected chi connectivity index (χ2v) is 12.4. The fourth-order valence-electron chi connectivity index (χ4n) is 5.54. The number of hydrogen-bond donors (Lipinski definition) is 5. The topological polar surface area (TPSA) is 174 Å². The quantitative estimate of drug-likeness (QED) is 0.111. The second-order valence-electron chi connectivity index (χ2n) is 12.4. The van der Waals surface area contributed by atoms with Crippen molar-refractivity contribution in [3.8, 4) is 11.1 Å². The molecule has 0 saturated heterocycles. The number of ether oxygens (including phenoxy) is 4. The molecule has 3 aromatic rings. The molecule has 274 valence electrons. The van der Waals surface area contributed by atoms with Crippen LogP contribution in [0, 0.1) is 5.92 Å². The number of hydrogen-bond acceptors (Lipinski definition) is 9. The molecule has 0 unspecified atom stereocenters. The van der Waals surface area contributed by atoms with Gasteiger partial charge in [-0.3, -0.25) is 14.4 Å². The number of nitrogens with one attached hydrogen (secondary N) is 4. The first-order valence-corrected chi connectivity index (χ1v) is 17.1. The Morgan fingerprint density at radius 3 is 1.92 bits per heavy atom. The van der Waals surface area contributed by atoms with Crippen molar-refractivity contribution in [1.29, 1.82) is 0 Å². The first-order chi connectivity index (χ1) is 24.7. The van der Waals surface area contributed by atoms with Crippen LogP contribution >= 0.6 is 0 Å². The number of anilines is 1. The Labute approximate surface area is 298 Å². The van der Waals surface area contributed by atoms with E-state index in [9.17, 15) is 19.2 Å². The predicted octanol–water partition coefficient (Wildman–Crippen LogP) is 3.35. The lowest BCUT2D eigenvalue weighted by molar-refractivity contribution is -0.133. The van der Waals surface area contributed by atoms with Crippen molar-refractivity contribution in [1.82, 2.24) is 16.0 Å². The van der Waals surface area contributed by atoms with E-state index in [1.807, 2.05) is 24.3 Å². The zero-order valence-electron chi connectivity index (χ0n) is 29.3. The first kappa shape index (κ1) is 39.0. The van der Waals surface area contributed by atoms with Crippen molar-refractivity contribution in [2.75, 3.05) is 58.1 Å². The fourth-order valence-corrected chi connectivity index (χ4v) is 5.54. The van der Waals surface area contributed by atoms with Crippen LogP contribution in [-0.4, -0.2) is 93.8 Å². The molecule has 0 heterocycles. The minimum Gasteiger partial charge on any atom is -0.449 e. The Morgan fingerprint density at radius 1 is 0.725 bits per heavy atom. The van der Waals surface area contributed by atoms with E-state index in [-0.39, 0.29) is 58.0 Å². The molecular formula is C38H48N4O9.